The molecule has 1 aliphatic heterocycles. The van der Waals surface area contributed by atoms with E-state index in [0.29, 0.717) is 10.8 Å². The van der Waals surface area contributed by atoms with Crippen LogP contribution in [0.2, 0.25) is 5.02 Å². The molecule has 3 rings (SSSR count). The van der Waals surface area contributed by atoms with Crippen LogP contribution in [0.15, 0.2) is 18.5 Å². The zero-order valence-corrected chi connectivity index (χ0v) is 14.3. The van der Waals surface area contributed by atoms with Crippen LogP contribution in [0.1, 0.15) is 19.3 Å². The highest BCUT2D eigenvalue weighted by Crippen LogP contribution is 2.34. The predicted octanol–water partition coefficient (Wildman–Crippen LogP) is 3.83. The predicted molar refractivity (Wildman–Crippen MR) is 94.5 cm³/mol. The molecule has 1 aromatic carbocycles. The Bertz CT molecular complexity index is 659. The first-order chi connectivity index (χ1) is 10.7. The van der Waals surface area contributed by atoms with Crippen LogP contribution < -0.4 is 9.64 Å². The summed E-state index contributed by atoms with van der Waals surface area (Å²) in [7, 11) is 1.61. The van der Waals surface area contributed by atoms with Gasteiger partial charge < -0.3 is 9.64 Å². The molecule has 0 radical (unpaired) electrons. The average Bonchev–Trinajstić information content (AvgIpc) is 2.55. The third kappa shape index (κ3) is 3.10. The Hall–Kier alpha value is -1.20. The first kappa shape index (κ1) is 15.7. The van der Waals surface area contributed by atoms with Crippen molar-refractivity contribution in [3.05, 3.63) is 23.5 Å². The van der Waals surface area contributed by atoms with Crippen LogP contribution in [-0.2, 0) is 0 Å². The number of thiol groups is 1. The molecular formula is C16H20ClN3OS. The van der Waals surface area contributed by atoms with Crippen LogP contribution in [0.3, 0.4) is 0 Å². The third-order valence-corrected chi connectivity index (χ3v) is 4.89. The summed E-state index contributed by atoms with van der Waals surface area (Å²) in [5.41, 5.74) is 0.865. The van der Waals surface area contributed by atoms with Gasteiger partial charge in [-0.3, -0.25) is 0 Å². The van der Waals surface area contributed by atoms with Crippen LogP contribution in [0.4, 0.5) is 5.82 Å². The topological polar surface area (TPSA) is 38.3 Å². The van der Waals surface area contributed by atoms with E-state index in [1.165, 1.54) is 19.3 Å². The second-order valence-corrected chi connectivity index (χ2v) is 6.50. The Morgan fingerprint density at radius 2 is 2.09 bits per heavy atom. The van der Waals surface area contributed by atoms with E-state index < -0.39 is 0 Å². The number of hydrogen-bond acceptors (Lipinski definition) is 5. The van der Waals surface area contributed by atoms with Gasteiger partial charge in [-0.25, -0.2) is 9.97 Å². The molecule has 4 nitrogen and oxygen atoms in total. The van der Waals surface area contributed by atoms with Crippen molar-refractivity contribution in [3.63, 3.8) is 0 Å². The molecule has 0 N–H and O–H groups in total. The highest BCUT2D eigenvalue weighted by Gasteiger charge is 2.21. The lowest BCUT2D eigenvalue weighted by Gasteiger charge is -2.33. The molecule has 0 saturated carbocycles. The van der Waals surface area contributed by atoms with Crippen molar-refractivity contribution in [2.24, 2.45) is 5.92 Å². The minimum Gasteiger partial charge on any atom is -0.495 e. The van der Waals surface area contributed by atoms with Crippen molar-refractivity contribution >= 4 is 41.0 Å². The molecule has 0 bridgehead atoms. The standard InChI is InChI=1S/C16H20ClN3OS/c1-21-15-9-14-12(8-13(15)17)16(19-10-18-14)20-5-2-11(3-6-20)4-7-22/h8-11,22H,2-7H2,1H3. The molecule has 6 heteroatoms. The molecule has 2 heterocycles. The highest BCUT2D eigenvalue weighted by molar-refractivity contribution is 7.80. The van der Waals surface area contributed by atoms with E-state index in [4.69, 9.17) is 16.3 Å². The molecule has 22 heavy (non-hydrogen) atoms. The van der Waals surface area contributed by atoms with E-state index in [1.54, 1.807) is 13.4 Å². The number of methoxy groups -OCH3 is 1. The maximum Gasteiger partial charge on any atom is 0.139 e. The Kier molecular flexibility index (Phi) is 4.93. The Morgan fingerprint density at radius 3 is 2.77 bits per heavy atom. The van der Waals surface area contributed by atoms with Gasteiger partial charge in [0.15, 0.2) is 0 Å². The number of rotatable bonds is 4. The molecule has 1 fully saturated rings. The summed E-state index contributed by atoms with van der Waals surface area (Å²) >= 11 is 10.6. The average molecular weight is 338 g/mol. The zero-order chi connectivity index (χ0) is 15.5. The van der Waals surface area contributed by atoms with Gasteiger partial charge in [-0.2, -0.15) is 12.6 Å². The van der Waals surface area contributed by atoms with Crippen molar-refractivity contribution in [1.29, 1.82) is 0 Å². The monoisotopic (exact) mass is 337 g/mol. The van der Waals surface area contributed by atoms with Gasteiger partial charge in [0.2, 0.25) is 0 Å². The second-order valence-electron chi connectivity index (χ2n) is 5.64. The summed E-state index contributed by atoms with van der Waals surface area (Å²) < 4.78 is 5.27. The molecule has 0 aliphatic carbocycles. The third-order valence-electron chi connectivity index (χ3n) is 4.34. The fourth-order valence-electron chi connectivity index (χ4n) is 3.07. The number of halogens is 1. The van der Waals surface area contributed by atoms with Crippen LogP contribution in [-0.4, -0.2) is 35.9 Å². The molecule has 0 atom stereocenters. The summed E-state index contributed by atoms with van der Waals surface area (Å²) in [6.45, 7) is 2.04. The lowest BCUT2D eigenvalue weighted by atomic mass is 9.94. The van der Waals surface area contributed by atoms with Crippen molar-refractivity contribution in [2.45, 2.75) is 19.3 Å². The van der Waals surface area contributed by atoms with Crippen molar-refractivity contribution in [1.82, 2.24) is 9.97 Å². The first-order valence-corrected chi connectivity index (χ1v) is 8.58. The molecule has 1 saturated heterocycles. The molecule has 1 aromatic heterocycles. The number of hydrogen-bond donors (Lipinski definition) is 1. The number of anilines is 1. The SMILES string of the molecule is COc1cc2ncnc(N3CCC(CCS)CC3)c2cc1Cl. The minimum atomic E-state index is 0.594. The van der Waals surface area contributed by atoms with Gasteiger partial charge in [-0.15, -0.1) is 0 Å². The molecule has 118 valence electrons. The fourth-order valence-corrected chi connectivity index (χ4v) is 3.67. The van der Waals surface area contributed by atoms with Gasteiger partial charge in [0.1, 0.15) is 17.9 Å². The number of fused-ring (bicyclic) bond motifs is 1. The number of benzene rings is 1. The normalized spacial score (nSPS) is 16.2. The molecule has 2 aromatic rings. The van der Waals surface area contributed by atoms with E-state index in [2.05, 4.69) is 27.5 Å². The molecule has 0 unspecified atom stereocenters. The molecule has 0 amide bonds. The summed E-state index contributed by atoms with van der Waals surface area (Å²) in [5, 5.41) is 1.58. The van der Waals surface area contributed by atoms with Crippen LogP contribution in [0.5, 0.6) is 5.75 Å². The van der Waals surface area contributed by atoms with Gasteiger partial charge >= 0.3 is 0 Å². The Morgan fingerprint density at radius 1 is 1.32 bits per heavy atom. The van der Waals surface area contributed by atoms with Crippen LogP contribution >= 0.6 is 24.2 Å². The van der Waals surface area contributed by atoms with Gasteiger partial charge in [0, 0.05) is 24.5 Å². The zero-order valence-electron chi connectivity index (χ0n) is 12.6. The number of nitrogens with zero attached hydrogens (tertiary/aromatic N) is 3. The molecule has 0 spiro atoms. The molecule has 1 aliphatic rings. The quantitative estimate of drug-likeness (QED) is 0.860. The van der Waals surface area contributed by atoms with Crippen molar-refractivity contribution in [3.8, 4) is 5.75 Å². The lowest BCUT2D eigenvalue weighted by Crippen LogP contribution is -2.34. The summed E-state index contributed by atoms with van der Waals surface area (Å²) in [5.74, 6) is 3.37. The largest absolute Gasteiger partial charge is 0.495 e. The Labute approximate surface area is 141 Å². The molecular weight excluding hydrogens is 318 g/mol. The van der Waals surface area contributed by atoms with E-state index in [9.17, 15) is 0 Å². The van der Waals surface area contributed by atoms with Gasteiger partial charge in [0.05, 0.1) is 17.6 Å². The minimum absolute atomic E-state index is 0.594. The van der Waals surface area contributed by atoms with Crippen LogP contribution in [0.25, 0.3) is 10.9 Å². The Balaban J connectivity index is 1.90. The number of piperidine rings is 1. The van der Waals surface area contributed by atoms with E-state index in [0.717, 1.165) is 41.5 Å². The van der Waals surface area contributed by atoms with E-state index >= 15 is 0 Å². The number of ether oxygens (including phenoxy) is 1. The van der Waals surface area contributed by atoms with Gasteiger partial charge in [-0.1, -0.05) is 11.6 Å². The maximum atomic E-state index is 6.27. The van der Waals surface area contributed by atoms with Crippen molar-refractivity contribution in [2.75, 3.05) is 30.9 Å². The highest BCUT2D eigenvalue weighted by atomic mass is 35.5. The first-order valence-electron chi connectivity index (χ1n) is 7.57. The summed E-state index contributed by atoms with van der Waals surface area (Å²) in [6, 6.07) is 3.78. The van der Waals surface area contributed by atoms with Crippen molar-refractivity contribution < 1.29 is 4.74 Å². The van der Waals surface area contributed by atoms with Gasteiger partial charge in [-0.05, 0) is 37.0 Å². The van der Waals surface area contributed by atoms with Crippen LogP contribution in [0, 0.1) is 5.92 Å². The second kappa shape index (κ2) is 6.92. The van der Waals surface area contributed by atoms with E-state index in [-0.39, 0.29) is 0 Å². The summed E-state index contributed by atoms with van der Waals surface area (Å²) in [4.78, 5) is 11.2. The fraction of sp³-hybridized carbons (Fsp3) is 0.500. The maximum absolute atomic E-state index is 6.27. The van der Waals surface area contributed by atoms with E-state index in [1.807, 2.05) is 12.1 Å². The lowest BCUT2D eigenvalue weighted by molar-refractivity contribution is 0.397. The summed E-state index contributed by atoms with van der Waals surface area (Å²) in [6.07, 6.45) is 5.20. The number of aromatic nitrogens is 2. The smallest absolute Gasteiger partial charge is 0.139 e. The van der Waals surface area contributed by atoms with Gasteiger partial charge in [0.25, 0.3) is 0 Å².